The Labute approximate surface area is 80.8 Å². The van der Waals surface area contributed by atoms with Crippen LogP contribution in [0.4, 0.5) is 5.69 Å². The highest BCUT2D eigenvalue weighted by molar-refractivity contribution is 7.98. The smallest absolute Gasteiger partial charge is 0.218 e. The summed E-state index contributed by atoms with van der Waals surface area (Å²) in [5, 5.41) is 8.41. The molecule has 5 heteroatoms. The van der Waals surface area contributed by atoms with Crippen molar-refractivity contribution in [2.24, 2.45) is 10.7 Å². The lowest BCUT2D eigenvalue weighted by Gasteiger charge is -1.99. The third-order valence-electron chi connectivity index (χ3n) is 1.42. The SMILES string of the molecule is CSc1cccc(N=C(N)NO)c1. The number of thioether (sulfide) groups is 1. The van der Waals surface area contributed by atoms with E-state index < -0.39 is 0 Å². The zero-order valence-corrected chi connectivity index (χ0v) is 8.01. The van der Waals surface area contributed by atoms with E-state index in [1.54, 1.807) is 17.2 Å². The molecule has 0 aliphatic heterocycles. The largest absolute Gasteiger partial charge is 0.368 e. The van der Waals surface area contributed by atoms with Crippen LogP contribution in [-0.2, 0) is 0 Å². The number of nitrogens with one attached hydrogen (secondary N) is 1. The summed E-state index contributed by atoms with van der Waals surface area (Å²) in [6, 6.07) is 7.56. The van der Waals surface area contributed by atoms with Gasteiger partial charge in [-0.2, -0.15) is 0 Å². The highest BCUT2D eigenvalue weighted by atomic mass is 32.2. The molecule has 0 fully saturated rings. The van der Waals surface area contributed by atoms with Crippen LogP contribution in [0.1, 0.15) is 0 Å². The Hall–Kier alpha value is -1.20. The van der Waals surface area contributed by atoms with Crippen molar-refractivity contribution in [1.82, 2.24) is 5.48 Å². The lowest BCUT2D eigenvalue weighted by Crippen LogP contribution is -2.27. The number of nitrogens with two attached hydrogens (primary N) is 1. The molecule has 1 aromatic rings. The van der Waals surface area contributed by atoms with Gasteiger partial charge in [-0.05, 0) is 24.5 Å². The van der Waals surface area contributed by atoms with Crippen molar-refractivity contribution in [3.05, 3.63) is 24.3 Å². The first kappa shape index (κ1) is 9.88. The molecule has 0 unspecified atom stereocenters. The van der Waals surface area contributed by atoms with Crippen LogP contribution in [0.3, 0.4) is 0 Å². The Balaban J connectivity index is 2.89. The van der Waals surface area contributed by atoms with Gasteiger partial charge in [0.1, 0.15) is 0 Å². The Kier molecular flexibility index (Phi) is 3.60. The van der Waals surface area contributed by atoms with E-state index >= 15 is 0 Å². The van der Waals surface area contributed by atoms with Gasteiger partial charge in [0.2, 0.25) is 5.96 Å². The third-order valence-corrected chi connectivity index (χ3v) is 2.14. The van der Waals surface area contributed by atoms with Gasteiger partial charge in [0.25, 0.3) is 0 Å². The molecule has 0 radical (unpaired) electrons. The summed E-state index contributed by atoms with van der Waals surface area (Å²) in [6.07, 6.45) is 1.98. The molecular formula is C8H11N3OS. The molecule has 4 N–H and O–H groups in total. The summed E-state index contributed by atoms with van der Waals surface area (Å²) in [4.78, 5) is 5.01. The van der Waals surface area contributed by atoms with Crippen molar-refractivity contribution < 1.29 is 5.21 Å². The van der Waals surface area contributed by atoms with Gasteiger partial charge >= 0.3 is 0 Å². The third kappa shape index (κ3) is 2.96. The van der Waals surface area contributed by atoms with E-state index in [2.05, 4.69) is 4.99 Å². The Morgan fingerprint density at radius 3 is 3.00 bits per heavy atom. The fraction of sp³-hybridized carbons (Fsp3) is 0.125. The van der Waals surface area contributed by atoms with E-state index in [1.807, 2.05) is 30.5 Å². The molecule has 0 aromatic heterocycles. The second-order valence-corrected chi connectivity index (χ2v) is 3.19. The molecule has 0 saturated heterocycles. The van der Waals surface area contributed by atoms with E-state index in [-0.39, 0.29) is 5.96 Å². The molecule has 0 amide bonds. The van der Waals surface area contributed by atoms with Crippen LogP contribution in [-0.4, -0.2) is 17.4 Å². The van der Waals surface area contributed by atoms with Gasteiger partial charge in [0, 0.05) is 4.90 Å². The summed E-state index contributed by atoms with van der Waals surface area (Å²) in [5.74, 6) is -0.0155. The number of hydroxylamine groups is 1. The summed E-state index contributed by atoms with van der Waals surface area (Å²) < 4.78 is 0. The predicted octanol–water partition coefficient (Wildman–Crippen LogP) is 1.33. The summed E-state index contributed by atoms with van der Waals surface area (Å²) in [6.45, 7) is 0. The quantitative estimate of drug-likeness (QED) is 0.289. The molecule has 0 aliphatic rings. The van der Waals surface area contributed by atoms with Gasteiger partial charge in [-0.15, -0.1) is 11.8 Å². The molecule has 0 spiro atoms. The molecule has 13 heavy (non-hydrogen) atoms. The standard InChI is InChI=1S/C8H11N3OS/c1-13-7-4-2-3-6(5-7)10-8(9)11-12/h2-5,12H,1H3,(H3,9,10,11). The number of aliphatic imine (C=N–C) groups is 1. The summed E-state index contributed by atoms with van der Waals surface area (Å²) in [7, 11) is 0. The average molecular weight is 197 g/mol. The summed E-state index contributed by atoms with van der Waals surface area (Å²) in [5.41, 5.74) is 7.76. The first-order chi connectivity index (χ1) is 6.26. The van der Waals surface area contributed by atoms with Crippen LogP contribution in [0.5, 0.6) is 0 Å². The van der Waals surface area contributed by atoms with Crippen molar-refractivity contribution in [1.29, 1.82) is 0 Å². The van der Waals surface area contributed by atoms with Crippen molar-refractivity contribution in [3.63, 3.8) is 0 Å². The Morgan fingerprint density at radius 1 is 1.62 bits per heavy atom. The predicted molar refractivity (Wildman–Crippen MR) is 54.4 cm³/mol. The first-order valence-electron chi connectivity index (χ1n) is 3.64. The number of hydrogen-bond donors (Lipinski definition) is 3. The van der Waals surface area contributed by atoms with Gasteiger partial charge in [0.05, 0.1) is 5.69 Å². The molecular weight excluding hydrogens is 186 g/mol. The van der Waals surface area contributed by atoms with Gasteiger partial charge < -0.3 is 5.73 Å². The zero-order valence-electron chi connectivity index (χ0n) is 7.19. The molecule has 4 nitrogen and oxygen atoms in total. The maximum absolute atomic E-state index is 8.41. The fourth-order valence-corrected chi connectivity index (χ4v) is 1.30. The minimum Gasteiger partial charge on any atom is -0.368 e. The molecule has 1 rings (SSSR count). The lowest BCUT2D eigenvalue weighted by molar-refractivity contribution is 0.233. The highest BCUT2D eigenvalue weighted by Crippen LogP contribution is 2.20. The topological polar surface area (TPSA) is 70.6 Å². The van der Waals surface area contributed by atoms with Gasteiger partial charge in [0.15, 0.2) is 0 Å². The average Bonchev–Trinajstić information content (AvgIpc) is 2.18. The molecule has 0 aliphatic carbocycles. The van der Waals surface area contributed by atoms with Gasteiger partial charge in [-0.3, -0.25) is 5.21 Å². The second-order valence-electron chi connectivity index (χ2n) is 2.31. The van der Waals surface area contributed by atoms with E-state index in [0.717, 1.165) is 4.90 Å². The molecule has 1 aromatic carbocycles. The maximum atomic E-state index is 8.41. The minimum atomic E-state index is -0.0155. The minimum absolute atomic E-state index is 0.0155. The number of guanidine groups is 1. The fourth-order valence-electron chi connectivity index (χ4n) is 0.844. The van der Waals surface area contributed by atoms with E-state index in [0.29, 0.717) is 5.69 Å². The maximum Gasteiger partial charge on any atom is 0.218 e. The number of hydrogen-bond acceptors (Lipinski definition) is 3. The molecule has 0 bridgehead atoms. The summed E-state index contributed by atoms with van der Waals surface area (Å²) >= 11 is 1.62. The number of nitrogens with zero attached hydrogens (tertiary/aromatic N) is 1. The van der Waals surface area contributed by atoms with Crippen LogP contribution >= 0.6 is 11.8 Å². The van der Waals surface area contributed by atoms with Crippen LogP contribution < -0.4 is 11.2 Å². The van der Waals surface area contributed by atoms with Crippen molar-refractivity contribution in [2.75, 3.05) is 6.26 Å². The molecule has 0 heterocycles. The van der Waals surface area contributed by atoms with E-state index in [1.165, 1.54) is 0 Å². The van der Waals surface area contributed by atoms with Crippen LogP contribution in [0.2, 0.25) is 0 Å². The molecule has 0 saturated carbocycles. The second kappa shape index (κ2) is 4.74. The van der Waals surface area contributed by atoms with Gasteiger partial charge in [-0.1, -0.05) is 6.07 Å². The highest BCUT2D eigenvalue weighted by Gasteiger charge is 1.93. The molecule has 70 valence electrons. The van der Waals surface area contributed by atoms with Crippen LogP contribution in [0.15, 0.2) is 34.2 Å². The lowest BCUT2D eigenvalue weighted by atomic mass is 10.3. The Bertz CT molecular complexity index is 314. The van der Waals surface area contributed by atoms with Crippen LogP contribution in [0.25, 0.3) is 0 Å². The first-order valence-corrected chi connectivity index (χ1v) is 4.87. The van der Waals surface area contributed by atoms with E-state index in [9.17, 15) is 0 Å². The van der Waals surface area contributed by atoms with E-state index in [4.69, 9.17) is 10.9 Å². The number of benzene rings is 1. The Morgan fingerprint density at radius 2 is 2.38 bits per heavy atom. The molecule has 0 atom stereocenters. The monoisotopic (exact) mass is 197 g/mol. The zero-order chi connectivity index (χ0) is 9.68. The van der Waals surface area contributed by atoms with Gasteiger partial charge in [-0.25, -0.2) is 10.5 Å². The normalized spacial score (nSPS) is 11.4. The van der Waals surface area contributed by atoms with Crippen molar-refractivity contribution >= 4 is 23.4 Å². The van der Waals surface area contributed by atoms with Crippen molar-refractivity contribution in [2.45, 2.75) is 4.90 Å². The van der Waals surface area contributed by atoms with Crippen LogP contribution in [0, 0.1) is 0 Å². The number of rotatable bonds is 2. The van der Waals surface area contributed by atoms with Crippen molar-refractivity contribution in [3.8, 4) is 0 Å².